The second-order valence-electron chi connectivity index (χ2n) is 2.83. The van der Waals surface area contributed by atoms with Gasteiger partial charge in [0.1, 0.15) is 0 Å². The number of alkyl halides is 1. The minimum Gasteiger partial charge on any atom is -0.292 e. The summed E-state index contributed by atoms with van der Waals surface area (Å²) in [6.45, 7) is 1.70. The van der Waals surface area contributed by atoms with E-state index < -0.39 is 5.38 Å². The van der Waals surface area contributed by atoms with Gasteiger partial charge in [-0.05, 0) is 54.0 Å². The van der Waals surface area contributed by atoms with Crippen LogP contribution in [0.3, 0.4) is 0 Å². The van der Waals surface area contributed by atoms with Crippen molar-refractivity contribution in [3.05, 3.63) is 27.3 Å². The molecular weight excluding hydrogens is 331 g/mol. The molecule has 14 heavy (non-hydrogen) atoms. The summed E-state index contributed by atoms with van der Waals surface area (Å²) in [5.41, 5.74) is 0.722. The van der Waals surface area contributed by atoms with Crippen LogP contribution in [0.2, 0.25) is 0 Å². The molecule has 0 aliphatic carbocycles. The summed E-state index contributed by atoms with van der Waals surface area (Å²) in [4.78, 5) is 12.8. The van der Waals surface area contributed by atoms with Gasteiger partial charge in [0.05, 0.1) is 5.38 Å². The molecule has 1 nitrogen and oxygen atoms in total. The molecule has 0 amide bonds. The van der Waals surface area contributed by atoms with E-state index in [0.29, 0.717) is 0 Å². The maximum Gasteiger partial charge on any atom is 0.181 e. The number of hydrogen-bond donors (Lipinski definition) is 0. The zero-order valence-corrected chi connectivity index (χ0v) is 11.6. The standard InChI is InChI=1S/C10H10ClIOS/c1-6(11)10(13)8-5-7(14-2)3-4-9(8)12/h3-6H,1-2H3. The zero-order chi connectivity index (χ0) is 10.7. The van der Waals surface area contributed by atoms with Crippen molar-refractivity contribution in [2.75, 3.05) is 6.26 Å². The predicted octanol–water partition coefficient (Wildman–Crippen LogP) is 3.82. The Morgan fingerprint density at radius 1 is 1.57 bits per heavy atom. The van der Waals surface area contributed by atoms with Crippen molar-refractivity contribution in [1.82, 2.24) is 0 Å². The highest BCUT2D eigenvalue weighted by molar-refractivity contribution is 14.1. The summed E-state index contributed by atoms with van der Waals surface area (Å²) in [6.07, 6.45) is 1.99. The Hall–Kier alpha value is 0.260. The molecule has 0 saturated carbocycles. The molecule has 1 aromatic carbocycles. The average Bonchev–Trinajstić information content (AvgIpc) is 2.17. The molecular formula is C10H10ClIOS. The van der Waals surface area contributed by atoms with Crippen LogP contribution >= 0.6 is 46.0 Å². The molecule has 1 unspecified atom stereocenters. The lowest BCUT2D eigenvalue weighted by atomic mass is 10.1. The number of halogens is 2. The molecule has 0 aliphatic rings. The first-order valence-electron chi connectivity index (χ1n) is 4.08. The maximum atomic E-state index is 11.7. The fourth-order valence-corrected chi connectivity index (χ4v) is 2.19. The van der Waals surface area contributed by atoms with Gasteiger partial charge in [-0.3, -0.25) is 4.79 Å². The van der Waals surface area contributed by atoms with Gasteiger partial charge < -0.3 is 0 Å². The third-order valence-electron chi connectivity index (χ3n) is 1.80. The summed E-state index contributed by atoms with van der Waals surface area (Å²) in [5, 5.41) is -0.458. The fraction of sp³-hybridized carbons (Fsp3) is 0.300. The molecule has 0 aromatic heterocycles. The molecule has 0 spiro atoms. The van der Waals surface area contributed by atoms with Crippen LogP contribution in [0.25, 0.3) is 0 Å². The van der Waals surface area contributed by atoms with Crippen LogP contribution in [-0.4, -0.2) is 17.4 Å². The van der Waals surface area contributed by atoms with E-state index in [9.17, 15) is 4.79 Å². The Balaban J connectivity index is 3.12. The van der Waals surface area contributed by atoms with Gasteiger partial charge in [-0.1, -0.05) is 0 Å². The topological polar surface area (TPSA) is 17.1 Å². The summed E-state index contributed by atoms with van der Waals surface area (Å²) in [5.74, 6) is -0.00744. The minimum absolute atomic E-state index is 0.00744. The Kier molecular flexibility index (Phi) is 4.73. The van der Waals surface area contributed by atoms with E-state index in [0.717, 1.165) is 14.0 Å². The van der Waals surface area contributed by atoms with Crippen LogP contribution in [0, 0.1) is 3.57 Å². The molecule has 76 valence electrons. The number of hydrogen-bond acceptors (Lipinski definition) is 2. The molecule has 0 N–H and O–H groups in total. The third-order valence-corrected chi connectivity index (χ3v) is 3.66. The largest absolute Gasteiger partial charge is 0.292 e. The summed E-state index contributed by atoms with van der Waals surface area (Å²) < 4.78 is 0.956. The van der Waals surface area contributed by atoms with E-state index in [4.69, 9.17) is 11.6 Å². The molecule has 0 radical (unpaired) electrons. The van der Waals surface area contributed by atoms with Crippen molar-refractivity contribution in [3.8, 4) is 0 Å². The SMILES string of the molecule is CSc1ccc(I)c(C(=O)C(C)Cl)c1. The molecule has 1 aromatic rings. The van der Waals surface area contributed by atoms with Crippen molar-refractivity contribution < 1.29 is 4.79 Å². The number of carbonyl (C=O) groups is 1. The van der Waals surface area contributed by atoms with Crippen molar-refractivity contribution in [3.63, 3.8) is 0 Å². The lowest BCUT2D eigenvalue weighted by Gasteiger charge is -2.06. The molecule has 0 saturated heterocycles. The first-order valence-corrected chi connectivity index (χ1v) is 6.82. The summed E-state index contributed by atoms with van der Waals surface area (Å²) in [7, 11) is 0. The molecule has 0 bridgehead atoms. The van der Waals surface area contributed by atoms with Crippen molar-refractivity contribution in [1.29, 1.82) is 0 Å². The highest BCUT2D eigenvalue weighted by Crippen LogP contribution is 2.22. The molecule has 1 rings (SSSR count). The van der Waals surface area contributed by atoms with Gasteiger partial charge in [0.2, 0.25) is 0 Å². The average molecular weight is 341 g/mol. The Morgan fingerprint density at radius 2 is 2.21 bits per heavy atom. The quantitative estimate of drug-likeness (QED) is 0.360. The molecule has 0 aliphatic heterocycles. The van der Waals surface area contributed by atoms with Crippen LogP contribution in [0.5, 0.6) is 0 Å². The monoisotopic (exact) mass is 340 g/mol. The normalized spacial score (nSPS) is 12.6. The molecule has 0 heterocycles. The van der Waals surface area contributed by atoms with E-state index in [1.54, 1.807) is 18.7 Å². The number of thioether (sulfide) groups is 1. The lowest BCUT2D eigenvalue weighted by molar-refractivity contribution is 0.0990. The van der Waals surface area contributed by atoms with Gasteiger partial charge in [0.25, 0.3) is 0 Å². The second kappa shape index (κ2) is 5.37. The molecule has 0 fully saturated rings. The van der Waals surface area contributed by atoms with Crippen LogP contribution in [-0.2, 0) is 0 Å². The van der Waals surface area contributed by atoms with Crippen LogP contribution < -0.4 is 0 Å². The predicted molar refractivity (Wildman–Crippen MR) is 70.6 cm³/mol. The van der Waals surface area contributed by atoms with Crippen molar-refractivity contribution in [2.45, 2.75) is 17.2 Å². The van der Waals surface area contributed by atoms with Gasteiger partial charge in [-0.25, -0.2) is 0 Å². The van der Waals surface area contributed by atoms with Crippen LogP contribution in [0.15, 0.2) is 23.1 Å². The van der Waals surface area contributed by atoms with Crippen molar-refractivity contribution >= 4 is 51.7 Å². The molecule has 4 heteroatoms. The first-order chi connectivity index (χ1) is 6.56. The van der Waals surface area contributed by atoms with Gasteiger partial charge >= 0.3 is 0 Å². The van der Waals surface area contributed by atoms with Gasteiger partial charge in [-0.2, -0.15) is 0 Å². The van der Waals surface area contributed by atoms with E-state index in [1.165, 1.54) is 0 Å². The number of Topliss-reactive ketones (excluding diaryl/α,β-unsaturated/α-hetero) is 1. The first kappa shape index (κ1) is 12.3. The number of benzene rings is 1. The smallest absolute Gasteiger partial charge is 0.181 e. The second-order valence-corrected chi connectivity index (χ2v) is 5.52. The maximum absolute atomic E-state index is 11.7. The summed E-state index contributed by atoms with van der Waals surface area (Å²) in [6, 6.07) is 5.84. The van der Waals surface area contributed by atoms with Gasteiger partial charge in [0, 0.05) is 14.0 Å². The lowest BCUT2D eigenvalue weighted by Crippen LogP contribution is -2.12. The Bertz CT molecular complexity index is 352. The summed E-state index contributed by atoms with van der Waals surface area (Å²) >= 11 is 9.55. The zero-order valence-electron chi connectivity index (χ0n) is 7.88. The number of rotatable bonds is 3. The highest BCUT2D eigenvalue weighted by Gasteiger charge is 2.15. The van der Waals surface area contributed by atoms with E-state index in [-0.39, 0.29) is 5.78 Å². The third kappa shape index (κ3) is 2.87. The Labute approximate surface area is 107 Å². The van der Waals surface area contributed by atoms with Crippen LogP contribution in [0.4, 0.5) is 0 Å². The molecule has 1 atom stereocenters. The fourth-order valence-electron chi connectivity index (χ4n) is 1.03. The van der Waals surface area contributed by atoms with E-state index in [2.05, 4.69) is 22.6 Å². The van der Waals surface area contributed by atoms with Gasteiger partial charge in [-0.15, -0.1) is 23.4 Å². The van der Waals surface area contributed by atoms with E-state index in [1.807, 2.05) is 24.5 Å². The number of carbonyl (C=O) groups excluding carboxylic acids is 1. The number of ketones is 1. The Morgan fingerprint density at radius 3 is 2.71 bits per heavy atom. The minimum atomic E-state index is -0.458. The highest BCUT2D eigenvalue weighted by atomic mass is 127. The van der Waals surface area contributed by atoms with Gasteiger partial charge in [0.15, 0.2) is 5.78 Å². The van der Waals surface area contributed by atoms with Crippen molar-refractivity contribution in [2.24, 2.45) is 0 Å². The van der Waals surface area contributed by atoms with Crippen LogP contribution in [0.1, 0.15) is 17.3 Å². The van der Waals surface area contributed by atoms with E-state index >= 15 is 0 Å².